The molecule has 0 spiro atoms. The van der Waals surface area contributed by atoms with Gasteiger partial charge in [0.15, 0.2) is 5.82 Å². The quantitative estimate of drug-likeness (QED) is 0.428. The Kier molecular flexibility index (Phi) is 6.27. The summed E-state index contributed by atoms with van der Waals surface area (Å²) in [4.78, 5) is 12.5. The minimum Gasteiger partial charge on any atom is -0.335 e. The molecule has 2 aromatic carbocycles. The maximum Gasteiger partial charge on any atom is 0.418 e. The Bertz CT molecular complexity index is 1070. The second kappa shape index (κ2) is 8.57. The number of aryl methyl sites for hydroxylation is 1. The molecule has 1 unspecified atom stereocenters. The summed E-state index contributed by atoms with van der Waals surface area (Å²) in [6.07, 6.45) is -4.66. The highest BCUT2D eigenvalue weighted by atomic mass is 35.5. The van der Waals surface area contributed by atoms with Crippen LogP contribution in [-0.4, -0.2) is 26.0 Å². The van der Waals surface area contributed by atoms with Gasteiger partial charge in [-0.3, -0.25) is 4.79 Å². The van der Waals surface area contributed by atoms with Crippen LogP contribution in [0.1, 0.15) is 18.1 Å². The molecule has 0 aliphatic rings. The van der Waals surface area contributed by atoms with Crippen molar-refractivity contribution in [3.05, 3.63) is 58.6 Å². The zero-order valence-electron chi connectivity index (χ0n) is 15.9. The van der Waals surface area contributed by atoms with Crippen molar-refractivity contribution in [3.63, 3.8) is 0 Å². The SMILES string of the molecule is Cc1ccc(-c2nnc(SC(C)C(=O)Nc3ccc(Cl)cc3C(F)(F)F)n2N)cc1. The van der Waals surface area contributed by atoms with Gasteiger partial charge in [0.05, 0.1) is 16.5 Å². The first-order valence-corrected chi connectivity index (χ1v) is 9.94. The number of amides is 1. The number of nitrogens with zero attached hydrogens (tertiary/aromatic N) is 3. The summed E-state index contributed by atoms with van der Waals surface area (Å²) in [6.45, 7) is 3.48. The molecule has 1 amide bonds. The summed E-state index contributed by atoms with van der Waals surface area (Å²) >= 11 is 6.64. The van der Waals surface area contributed by atoms with Gasteiger partial charge in [0, 0.05) is 10.6 Å². The lowest BCUT2D eigenvalue weighted by atomic mass is 10.1. The summed E-state index contributed by atoms with van der Waals surface area (Å²) in [7, 11) is 0. The Morgan fingerprint density at radius 1 is 1.20 bits per heavy atom. The van der Waals surface area contributed by atoms with Crippen molar-refractivity contribution < 1.29 is 18.0 Å². The lowest BCUT2D eigenvalue weighted by Crippen LogP contribution is -2.25. The Hall–Kier alpha value is -2.72. The van der Waals surface area contributed by atoms with Crippen molar-refractivity contribution in [1.82, 2.24) is 14.9 Å². The molecule has 0 saturated carbocycles. The van der Waals surface area contributed by atoms with Gasteiger partial charge in [-0.15, -0.1) is 10.2 Å². The fourth-order valence-electron chi connectivity index (χ4n) is 2.56. The van der Waals surface area contributed by atoms with Crippen molar-refractivity contribution in [3.8, 4) is 11.4 Å². The molecule has 6 nitrogen and oxygen atoms in total. The molecule has 0 bridgehead atoms. The van der Waals surface area contributed by atoms with Crippen LogP contribution < -0.4 is 11.2 Å². The number of thioether (sulfide) groups is 1. The molecule has 1 heterocycles. The van der Waals surface area contributed by atoms with Crippen LogP contribution in [-0.2, 0) is 11.0 Å². The van der Waals surface area contributed by atoms with E-state index in [9.17, 15) is 18.0 Å². The predicted octanol–water partition coefficient (Wildman–Crippen LogP) is 4.76. The van der Waals surface area contributed by atoms with Crippen molar-refractivity contribution in [2.24, 2.45) is 0 Å². The average Bonchev–Trinajstić information content (AvgIpc) is 3.03. The molecule has 158 valence electrons. The number of benzene rings is 2. The van der Waals surface area contributed by atoms with Gasteiger partial charge in [-0.1, -0.05) is 53.2 Å². The Labute approximate surface area is 179 Å². The Balaban J connectivity index is 1.75. The fourth-order valence-corrected chi connectivity index (χ4v) is 3.51. The van der Waals surface area contributed by atoms with Crippen LogP contribution in [0.3, 0.4) is 0 Å². The average molecular weight is 456 g/mol. The second-order valence-electron chi connectivity index (χ2n) is 6.48. The first-order valence-electron chi connectivity index (χ1n) is 8.68. The molecule has 1 atom stereocenters. The van der Waals surface area contributed by atoms with E-state index in [4.69, 9.17) is 17.4 Å². The number of anilines is 1. The zero-order chi connectivity index (χ0) is 22.1. The third kappa shape index (κ3) is 4.88. The van der Waals surface area contributed by atoms with Gasteiger partial charge in [0.2, 0.25) is 11.1 Å². The smallest absolute Gasteiger partial charge is 0.335 e. The minimum atomic E-state index is -4.66. The normalized spacial score (nSPS) is 12.6. The maximum absolute atomic E-state index is 13.2. The topological polar surface area (TPSA) is 85.8 Å². The Morgan fingerprint density at radius 3 is 2.50 bits per heavy atom. The molecule has 11 heteroatoms. The molecule has 0 fully saturated rings. The van der Waals surface area contributed by atoms with E-state index in [1.54, 1.807) is 0 Å². The highest BCUT2D eigenvalue weighted by Gasteiger charge is 2.34. The molecule has 0 saturated heterocycles. The second-order valence-corrected chi connectivity index (χ2v) is 8.22. The van der Waals surface area contributed by atoms with Gasteiger partial charge < -0.3 is 11.2 Å². The molecule has 0 aliphatic carbocycles. The van der Waals surface area contributed by atoms with Crippen molar-refractivity contribution >= 4 is 35.0 Å². The van der Waals surface area contributed by atoms with E-state index in [1.165, 1.54) is 17.7 Å². The van der Waals surface area contributed by atoms with Crippen molar-refractivity contribution in [2.45, 2.75) is 30.4 Å². The van der Waals surface area contributed by atoms with E-state index >= 15 is 0 Å². The number of nitrogens with two attached hydrogens (primary N) is 1. The van der Waals surface area contributed by atoms with Crippen LogP contribution in [0.5, 0.6) is 0 Å². The molecule has 0 radical (unpaired) electrons. The molecule has 3 aromatic rings. The van der Waals surface area contributed by atoms with Crippen LogP contribution in [0.2, 0.25) is 5.02 Å². The summed E-state index contributed by atoms with van der Waals surface area (Å²) in [5.74, 6) is 5.81. The Morgan fingerprint density at radius 2 is 1.87 bits per heavy atom. The third-order valence-electron chi connectivity index (χ3n) is 4.17. The van der Waals surface area contributed by atoms with E-state index in [1.807, 2.05) is 31.2 Å². The van der Waals surface area contributed by atoms with Crippen LogP contribution in [0.25, 0.3) is 11.4 Å². The van der Waals surface area contributed by atoms with Crippen LogP contribution in [0.15, 0.2) is 47.6 Å². The number of hydrogen-bond acceptors (Lipinski definition) is 5. The number of nitrogen functional groups attached to an aromatic ring is 1. The highest BCUT2D eigenvalue weighted by molar-refractivity contribution is 8.00. The highest BCUT2D eigenvalue weighted by Crippen LogP contribution is 2.37. The maximum atomic E-state index is 13.2. The number of nitrogens with one attached hydrogen (secondary N) is 1. The number of aromatic nitrogens is 3. The largest absolute Gasteiger partial charge is 0.418 e. The first-order chi connectivity index (χ1) is 14.1. The van der Waals surface area contributed by atoms with Gasteiger partial charge in [-0.25, -0.2) is 4.68 Å². The summed E-state index contributed by atoms with van der Waals surface area (Å²) in [5, 5.41) is 9.69. The number of halogens is 4. The number of rotatable bonds is 5. The zero-order valence-corrected chi connectivity index (χ0v) is 17.4. The molecule has 3 rings (SSSR count). The van der Waals surface area contributed by atoms with Crippen LogP contribution >= 0.6 is 23.4 Å². The molecular weight excluding hydrogens is 439 g/mol. The van der Waals surface area contributed by atoms with E-state index in [2.05, 4.69) is 15.5 Å². The fraction of sp³-hybridized carbons (Fsp3) is 0.211. The lowest BCUT2D eigenvalue weighted by Gasteiger charge is -2.16. The van der Waals surface area contributed by atoms with E-state index < -0.39 is 22.9 Å². The van der Waals surface area contributed by atoms with Crippen LogP contribution in [0, 0.1) is 6.92 Å². The summed E-state index contributed by atoms with van der Waals surface area (Å²) in [6, 6.07) is 10.6. The van der Waals surface area contributed by atoms with E-state index in [0.29, 0.717) is 5.82 Å². The van der Waals surface area contributed by atoms with Gasteiger partial charge in [-0.2, -0.15) is 13.2 Å². The molecule has 1 aromatic heterocycles. The summed E-state index contributed by atoms with van der Waals surface area (Å²) < 4.78 is 40.9. The van der Waals surface area contributed by atoms with Gasteiger partial charge in [0.1, 0.15) is 0 Å². The lowest BCUT2D eigenvalue weighted by molar-refractivity contribution is -0.137. The van der Waals surface area contributed by atoms with Gasteiger partial charge in [0.25, 0.3) is 0 Å². The minimum absolute atomic E-state index is 0.0809. The predicted molar refractivity (Wildman–Crippen MR) is 111 cm³/mol. The van der Waals surface area contributed by atoms with Crippen molar-refractivity contribution in [1.29, 1.82) is 0 Å². The monoisotopic (exact) mass is 455 g/mol. The molecule has 3 N–H and O–H groups in total. The standard InChI is InChI=1S/C19H17ClF3N5OS/c1-10-3-5-12(6-4-10)16-26-27-18(28(16)24)30-11(2)17(29)25-15-8-7-13(20)9-14(15)19(21,22)23/h3-9,11H,24H2,1-2H3,(H,25,29). The van der Waals surface area contributed by atoms with E-state index in [-0.39, 0.29) is 15.9 Å². The molecule has 0 aliphatic heterocycles. The number of hydrogen-bond donors (Lipinski definition) is 2. The first kappa shape index (κ1) is 22.0. The molecule has 30 heavy (non-hydrogen) atoms. The third-order valence-corrected chi connectivity index (χ3v) is 5.46. The van der Waals surface area contributed by atoms with E-state index in [0.717, 1.165) is 35.0 Å². The summed E-state index contributed by atoms with van der Waals surface area (Å²) in [5.41, 5.74) is 0.417. The number of carbonyl (C=O) groups is 1. The van der Waals surface area contributed by atoms with Crippen molar-refractivity contribution in [2.75, 3.05) is 11.2 Å². The molecular formula is C19H17ClF3N5OS. The van der Waals surface area contributed by atoms with Gasteiger partial charge >= 0.3 is 6.18 Å². The van der Waals surface area contributed by atoms with Crippen LogP contribution in [0.4, 0.5) is 18.9 Å². The van der Waals surface area contributed by atoms with Gasteiger partial charge in [-0.05, 0) is 32.0 Å². The number of alkyl halides is 3. The number of carbonyl (C=O) groups excluding carboxylic acids is 1.